The molecular formula is C11H16N2O5. The number of aliphatic carboxylic acids is 1. The number of carbonyl (C=O) groups is 1. The van der Waals surface area contributed by atoms with Crippen LogP contribution in [0.2, 0.25) is 0 Å². The fraction of sp³-hybridized carbons (Fsp3) is 0.727. The Morgan fingerprint density at radius 1 is 1.56 bits per heavy atom. The third-order valence-electron chi connectivity index (χ3n) is 3.03. The minimum Gasteiger partial charge on any atom is -0.481 e. The molecule has 0 saturated carbocycles. The van der Waals surface area contributed by atoms with Crippen LogP contribution in [0.5, 0.6) is 0 Å². The summed E-state index contributed by atoms with van der Waals surface area (Å²) in [6, 6.07) is -0.102. The maximum atomic E-state index is 11.6. The van der Waals surface area contributed by atoms with E-state index in [9.17, 15) is 9.59 Å². The fourth-order valence-corrected chi connectivity index (χ4v) is 2.14. The van der Waals surface area contributed by atoms with Crippen LogP contribution in [0.15, 0.2) is 9.32 Å². The lowest BCUT2D eigenvalue weighted by Crippen LogP contribution is -2.25. The first-order chi connectivity index (χ1) is 8.68. The van der Waals surface area contributed by atoms with Crippen molar-refractivity contribution in [1.29, 1.82) is 0 Å². The maximum absolute atomic E-state index is 11.6. The van der Waals surface area contributed by atoms with Crippen LogP contribution in [0.1, 0.15) is 37.5 Å². The van der Waals surface area contributed by atoms with E-state index in [4.69, 9.17) is 9.84 Å². The third-order valence-corrected chi connectivity index (χ3v) is 3.03. The molecule has 1 aliphatic heterocycles. The summed E-state index contributed by atoms with van der Waals surface area (Å²) in [5.41, 5.74) is 0. The number of hydrogen-bond acceptors (Lipinski definition) is 5. The molecule has 1 aromatic rings. The summed E-state index contributed by atoms with van der Waals surface area (Å²) in [4.78, 5) is 21.9. The van der Waals surface area contributed by atoms with E-state index in [0.717, 1.165) is 25.7 Å². The second-order valence-corrected chi connectivity index (χ2v) is 4.35. The number of aryl methyl sites for hydroxylation is 1. The predicted octanol–water partition coefficient (Wildman–Crippen LogP) is 0.595. The normalized spacial score (nSPS) is 19.2. The summed E-state index contributed by atoms with van der Waals surface area (Å²) in [6.07, 6.45) is 3.49. The molecule has 1 N–H and O–H groups in total. The molecule has 0 aromatic carbocycles. The molecule has 0 radical (unpaired) electrons. The molecule has 0 aliphatic carbocycles. The van der Waals surface area contributed by atoms with Crippen LogP contribution in [0.4, 0.5) is 0 Å². The van der Waals surface area contributed by atoms with Gasteiger partial charge in [-0.25, -0.2) is 4.79 Å². The Balaban J connectivity index is 1.97. The predicted molar refractivity (Wildman–Crippen MR) is 60.4 cm³/mol. The first kappa shape index (κ1) is 12.8. The third kappa shape index (κ3) is 2.98. The van der Waals surface area contributed by atoms with E-state index in [2.05, 4.69) is 9.68 Å². The number of carboxylic acids is 1. The highest BCUT2D eigenvalue weighted by atomic mass is 16.5. The van der Waals surface area contributed by atoms with Crippen LogP contribution >= 0.6 is 0 Å². The summed E-state index contributed by atoms with van der Waals surface area (Å²) in [6.45, 7) is 0.475. The van der Waals surface area contributed by atoms with Gasteiger partial charge in [-0.05, 0) is 12.8 Å². The van der Waals surface area contributed by atoms with Crippen LogP contribution in [-0.4, -0.2) is 34.0 Å². The van der Waals surface area contributed by atoms with Crippen LogP contribution < -0.4 is 5.76 Å². The van der Waals surface area contributed by atoms with Crippen LogP contribution in [0.25, 0.3) is 0 Å². The largest absolute Gasteiger partial charge is 0.481 e. The molecule has 1 unspecified atom stereocenters. The Bertz CT molecular complexity index is 464. The summed E-state index contributed by atoms with van der Waals surface area (Å²) >= 11 is 0. The van der Waals surface area contributed by atoms with E-state index >= 15 is 0 Å². The summed E-state index contributed by atoms with van der Waals surface area (Å²) in [5, 5.41) is 12.3. The number of carboxylic acid groups (broad SMARTS) is 1. The van der Waals surface area contributed by atoms with Gasteiger partial charge in [0.2, 0.25) is 0 Å². The van der Waals surface area contributed by atoms with Crippen molar-refractivity contribution in [2.45, 2.75) is 38.1 Å². The van der Waals surface area contributed by atoms with E-state index < -0.39 is 11.7 Å². The van der Waals surface area contributed by atoms with Gasteiger partial charge in [-0.15, -0.1) is 0 Å². The quantitative estimate of drug-likeness (QED) is 0.775. The minimum absolute atomic E-state index is 0.0296. The monoisotopic (exact) mass is 256 g/mol. The number of hydrogen-bond donors (Lipinski definition) is 1. The molecule has 0 saturated heterocycles. The summed E-state index contributed by atoms with van der Waals surface area (Å²) in [5.74, 6) is -0.693. The average Bonchev–Trinajstić information content (AvgIpc) is 2.58. The van der Waals surface area contributed by atoms with Crippen LogP contribution in [0.3, 0.4) is 0 Å². The number of nitrogens with zero attached hydrogens (tertiary/aromatic N) is 2. The first-order valence-corrected chi connectivity index (χ1v) is 6.05. The molecule has 1 atom stereocenters. The van der Waals surface area contributed by atoms with Gasteiger partial charge in [0.25, 0.3) is 0 Å². The van der Waals surface area contributed by atoms with Gasteiger partial charge in [-0.2, -0.15) is 0 Å². The van der Waals surface area contributed by atoms with Gasteiger partial charge in [0, 0.05) is 6.42 Å². The zero-order valence-electron chi connectivity index (χ0n) is 10.0. The van der Waals surface area contributed by atoms with Crippen molar-refractivity contribution in [3.8, 4) is 0 Å². The second-order valence-electron chi connectivity index (χ2n) is 4.35. The minimum atomic E-state index is -0.890. The molecule has 2 rings (SSSR count). The van der Waals surface area contributed by atoms with Gasteiger partial charge < -0.3 is 9.84 Å². The van der Waals surface area contributed by atoms with Gasteiger partial charge >= 0.3 is 11.7 Å². The Kier molecular flexibility index (Phi) is 4.14. The maximum Gasteiger partial charge on any atom is 0.441 e. The zero-order chi connectivity index (χ0) is 13.0. The molecule has 2 heterocycles. The lowest BCUT2D eigenvalue weighted by molar-refractivity contribution is -0.138. The standard InChI is InChI=1S/C11H16N2O5/c14-10(15)5-6-17-7-8-3-1-2-4-9-12-18-11(16)13(8)9/h8H,1-7H2,(H,14,15). The van der Waals surface area contributed by atoms with Gasteiger partial charge in [-0.1, -0.05) is 11.6 Å². The van der Waals surface area contributed by atoms with Crippen molar-refractivity contribution < 1.29 is 19.2 Å². The molecule has 0 amide bonds. The van der Waals surface area contributed by atoms with Crippen molar-refractivity contribution in [2.24, 2.45) is 0 Å². The number of ether oxygens (including phenoxy) is 1. The summed E-state index contributed by atoms with van der Waals surface area (Å²) in [7, 11) is 0. The van der Waals surface area contributed by atoms with Gasteiger partial charge in [0.1, 0.15) is 0 Å². The molecule has 1 aliphatic rings. The highest BCUT2D eigenvalue weighted by Crippen LogP contribution is 2.21. The van der Waals surface area contributed by atoms with Crippen molar-refractivity contribution in [3.63, 3.8) is 0 Å². The molecule has 0 spiro atoms. The van der Waals surface area contributed by atoms with Crippen LogP contribution in [-0.2, 0) is 16.0 Å². The molecule has 0 fully saturated rings. The number of aromatic nitrogens is 2. The van der Waals surface area contributed by atoms with E-state index in [1.165, 1.54) is 4.57 Å². The van der Waals surface area contributed by atoms with Crippen molar-refractivity contribution in [3.05, 3.63) is 16.4 Å². The number of rotatable bonds is 5. The van der Waals surface area contributed by atoms with E-state index in [1.807, 2.05) is 0 Å². The first-order valence-electron chi connectivity index (χ1n) is 6.05. The highest BCUT2D eigenvalue weighted by molar-refractivity contribution is 5.66. The molecule has 100 valence electrons. The Morgan fingerprint density at radius 3 is 3.17 bits per heavy atom. The van der Waals surface area contributed by atoms with Gasteiger partial charge in [-0.3, -0.25) is 13.9 Å². The smallest absolute Gasteiger partial charge is 0.441 e. The lowest BCUT2D eigenvalue weighted by atomic mass is 10.1. The molecular weight excluding hydrogens is 240 g/mol. The molecule has 0 bridgehead atoms. The molecule has 7 nitrogen and oxygen atoms in total. The SMILES string of the molecule is O=C(O)CCOCC1CCCCc2noc(=O)n21. The average molecular weight is 256 g/mol. The topological polar surface area (TPSA) is 94.6 Å². The number of fused-ring (bicyclic) bond motifs is 1. The van der Waals surface area contributed by atoms with Crippen molar-refractivity contribution in [1.82, 2.24) is 9.72 Å². The Labute approximate surface area is 103 Å². The van der Waals surface area contributed by atoms with Crippen molar-refractivity contribution in [2.75, 3.05) is 13.2 Å². The van der Waals surface area contributed by atoms with Gasteiger partial charge in [0.05, 0.1) is 25.7 Å². The Morgan fingerprint density at radius 2 is 2.39 bits per heavy atom. The lowest BCUT2D eigenvalue weighted by Gasteiger charge is -2.15. The Hall–Kier alpha value is -1.63. The van der Waals surface area contributed by atoms with Gasteiger partial charge in [0.15, 0.2) is 5.82 Å². The van der Waals surface area contributed by atoms with Crippen LogP contribution in [0, 0.1) is 0 Å². The van der Waals surface area contributed by atoms with E-state index in [1.54, 1.807) is 0 Å². The molecule has 7 heteroatoms. The second kappa shape index (κ2) is 5.81. The molecule has 1 aromatic heterocycles. The fourth-order valence-electron chi connectivity index (χ4n) is 2.14. The van der Waals surface area contributed by atoms with Crippen molar-refractivity contribution >= 4 is 5.97 Å². The van der Waals surface area contributed by atoms with E-state index in [0.29, 0.717) is 12.4 Å². The summed E-state index contributed by atoms with van der Waals surface area (Å²) < 4.78 is 11.5. The zero-order valence-corrected chi connectivity index (χ0v) is 10.0. The molecule has 18 heavy (non-hydrogen) atoms. The highest BCUT2D eigenvalue weighted by Gasteiger charge is 2.23. The van der Waals surface area contributed by atoms with E-state index in [-0.39, 0.29) is 19.1 Å².